The molecule has 0 saturated carbocycles. The van der Waals surface area contributed by atoms with Gasteiger partial charge in [0.05, 0.1) is 4.91 Å². The van der Waals surface area contributed by atoms with Gasteiger partial charge in [0.1, 0.15) is 0 Å². The van der Waals surface area contributed by atoms with Crippen molar-refractivity contribution in [2.75, 3.05) is 0 Å². The van der Waals surface area contributed by atoms with Crippen LogP contribution >= 0.6 is 11.9 Å². The first-order valence-electron chi connectivity index (χ1n) is 2.49. The maximum atomic E-state index is 5.32. The molecule has 0 amide bonds. The Bertz CT molecular complexity index is 172. The predicted octanol–water partition coefficient (Wildman–Crippen LogP) is -0.106. The second-order valence-corrected chi connectivity index (χ2v) is 2.07. The molecule has 0 atom stereocenters. The van der Waals surface area contributed by atoms with Crippen molar-refractivity contribution in [3.05, 3.63) is 23.6 Å². The lowest BCUT2D eigenvalue weighted by atomic mass is 10.4. The molecule has 10 heavy (non-hydrogen) atoms. The van der Waals surface area contributed by atoms with Gasteiger partial charge in [-0.05, 0) is 18.0 Å². The van der Waals surface area contributed by atoms with Crippen LogP contribution in [0.1, 0.15) is 0 Å². The summed E-state index contributed by atoms with van der Waals surface area (Å²) in [6.07, 6.45) is 3.20. The van der Waals surface area contributed by atoms with Crippen LogP contribution in [0, 0.1) is 0 Å². The van der Waals surface area contributed by atoms with Crippen molar-refractivity contribution in [1.82, 2.24) is 0 Å². The standard InChI is InChI=1S/C5H10N4S/c1-2-3-4(10-8)5(6)9-7/h2-3H,1,7-8H2,(H2,6,9)/b4-3+. The quantitative estimate of drug-likeness (QED) is 0.133. The molecule has 5 heteroatoms. The molecule has 0 aliphatic heterocycles. The second-order valence-electron chi connectivity index (χ2n) is 1.40. The maximum Gasteiger partial charge on any atom is 0.158 e. The summed E-state index contributed by atoms with van der Waals surface area (Å²) in [5.41, 5.74) is 5.32. The molecule has 6 N–H and O–H groups in total. The molecule has 0 aromatic heterocycles. The van der Waals surface area contributed by atoms with Gasteiger partial charge in [-0.2, -0.15) is 5.10 Å². The Balaban J connectivity index is 4.35. The van der Waals surface area contributed by atoms with Gasteiger partial charge in [-0.25, -0.2) is 0 Å². The minimum atomic E-state index is 0.215. The Hall–Kier alpha value is -0.940. The number of hydrazone groups is 1. The zero-order valence-electron chi connectivity index (χ0n) is 5.45. The molecule has 0 aromatic carbocycles. The van der Waals surface area contributed by atoms with E-state index in [0.29, 0.717) is 4.91 Å². The van der Waals surface area contributed by atoms with Gasteiger partial charge in [0.2, 0.25) is 0 Å². The lowest BCUT2D eigenvalue weighted by Crippen LogP contribution is -2.16. The fourth-order valence-corrected chi connectivity index (χ4v) is 0.704. The zero-order valence-corrected chi connectivity index (χ0v) is 6.27. The largest absolute Gasteiger partial charge is 0.381 e. The molecule has 0 saturated heterocycles. The number of hydrogen-bond donors (Lipinski definition) is 3. The van der Waals surface area contributed by atoms with Gasteiger partial charge in [-0.15, -0.1) is 0 Å². The van der Waals surface area contributed by atoms with Crippen LogP contribution in [0.3, 0.4) is 0 Å². The number of allylic oxidation sites excluding steroid dienone is 2. The van der Waals surface area contributed by atoms with E-state index in [0.717, 1.165) is 11.9 Å². The molecule has 0 unspecified atom stereocenters. The molecule has 0 radical (unpaired) electrons. The average Bonchev–Trinajstić information content (AvgIpc) is 1.99. The highest BCUT2D eigenvalue weighted by atomic mass is 32.2. The first kappa shape index (κ1) is 9.06. The molecule has 0 spiro atoms. The van der Waals surface area contributed by atoms with Crippen LogP contribution in [0.25, 0.3) is 0 Å². The van der Waals surface area contributed by atoms with Crippen molar-refractivity contribution in [1.29, 1.82) is 0 Å². The van der Waals surface area contributed by atoms with Crippen LogP contribution in [0.15, 0.2) is 28.7 Å². The van der Waals surface area contributed by atoms with Crippen LogP contribution in [0.5, 0.6) is 0 Å². The molecule has 0 heterocycles. The maximum absolute atomic E-state index is 5.32. The smallest absolute Gasteiger partial charge is 0.158 e. The van der Waals surface area contributed by atoms with Crippen molar-refractivity contribution in [2.45, 2.75) is 0 Å². The predicted molar refractivity (Wildman–Crippen MR) is 45.9 cm³/mol. The monoisotopic (exact) mass is 158 g/mol. The Morgan fingerprint density at radius 1 is 1.60 bits per heavy atom. The van der Waals surface area contributed by atoms with Crippen molar-refractivity contribution in [2.24, 2.45) is 21.8 Å². The van der Waals surface area contributed by atoms with Gasteiger partial charge >= 0.3 is 0 Å². The van der Waals surface area contributed by atoms with Crippen molar-refractivity contribution in [3.8, 4) is 0 Å². The summed E-state index contributed by atoms with van der Waals surface area (Å²) in [5.74, 6) is 5.11. The molecule has 0 aliphatic carbocycles. The SMILES string of the molecule is C=C/C=C(SN)\C(N)=N/N. The van der Waals surface area contributed by atoms with Gasteiger partial charge in [-0.3, -0.25) is 5.14 Å². The molecule has 56 valence electrons. The summed E-state index contributed by atoms with van der Waals surface area (Å²) < 4.78 is 0. The topological polar surface area (TPSA) is 90.4 Å². The van der Waals surface area contributed by atoms with E-state index >= 15 is 0 Å². The molecule has 0 bridgehead atoms. The van der Waals surface area contributed by atoms with E-state index in [4.69, 9.17) is 16.7 Å². The fourth-order valence-electron chi connectivity index (χ4n) is 0.356. The third-order valence-electron chi connectivity index (χ3n) is 0.788. The van der Waals surface area contributed by atoms with E-state index in [-0.39, 0.29) is 5.84 Å². The van der Waals surface area contributed by atoms with Crippen molar-refractivity contribution in [3.63, 3.8) is 0 Å². The Morgan fingerprint density at radius 3 is 2.50 bits per heavy atom. The number of nitrogens with two attached hydrogens (primary N) is 3. The Morgan fingerprint density at radius 2 is 2.20 bits per heavy atom. The van der Waals surface area contributed by atoms with E-state index in [1.165, 1.54) is 0 Å². The summed E-state index contributed by atoms with van der Waals surface area (Å²) in [6, 6.07) is 0. The van der Waals surface area contributed by atoms with Gasteiger partial charge < -0.3 is 11.6 Å². The Kier molecular flexibility index (Phi) is 4.43. The summed E-state index contributed by atoms with van der Waals surface area (Å²) in [5, 5.41) is 8.48. The fraction of sp³-hybridized carbons (Fsp3) is 0. The number of rotatable bonds is 3. The molecule has 0 aromatic rings. The second kappa shape index (κ2) is 4.89. The molecular weight excluding hydrogens is 148 g/mol. The lowest BCUT2D eigenvalue weighted by molar-refractivity contribution is 1.23. The highest BCUT2D eigenvalue weighted by Gasteiger charge is 1.97. The Labute approximate surface area is 64.0 Å². The first-order valence-corrected chi connectivity index (χ1v) is 3.37. The molecule has 0 fully saturated rings. The highest BCUT2D eigenvalue weighted by molar-refractivity contribution is 8.01. The minimum Gasteiger partial charge on any atom is -0.381 e. The van der Waals surface area contributed by atoms with Gasteiger partial charge in [0.15, 0.2) is 5.84 Å². The lowest BCUT2D eigenvalue weighted by Gasteiger charge is -1.97. The summed E-state index contributed by atoms with van der Waals surface area (Å²) in [6.45, 7) is 3.47. The van der Waals surface area contributed by atoms with Crippen LogP contribution in [-0.2, 0) is 0 Å². The number of hydrogen-bond acceptors (Lipinski definition) is 4. The molecular formula is C5H10N4S. The molecule has 4 nitrogen and oxygen atoms in total. The first-order chi connectivity index (χ1) is 4.76. The summed E-state index contributed by atoms with van der Waals surface area (Å²) >= 11 is 0.981. The van der Waals surface area contributed by atoms with E-state index in [2.05, 4.69) is 11.7 Å². The van der Waals surface area contributed by atoms with Crippen molar-refractivity contribution < 1.29 is 0 Å². The van der Waals surface area contributed by atoms with Crippen LogP contribution in [-0.4, -0.2) is 5.84 Å². The third-order valence-corrected chi connectivity index (χ3v) is 1.39. The number of nitrogens with zero attached hydrogens (tertiary/aromatic N) is 1. The minimum absolute atomic E-state index is 0.215. The van der Waals surface area contributed by atoms with Gasteiger partial charge in [-0.1, -0.05) is 12.7 Å². The van der Waals surface area contributed by atoms with Crippen LogP contribution in [0.4, 0.5) is 0 Å². The van der Waals surface area contributed by atoms with Crippen LogP contribution in [0.2, 0.25) is 0 Å². The summed E-state index contributed by atoms with van der Waals surface area (Å²) in [4.78, 5) is 0.609. The number of amidine groups is 1. The van der Waals surface area contributed by atoms with Gasteiger partial charge in [0, 0.05) is 0 Å². The molecule has 0 aliphatic rings. The van der Waals surface area contributed by atoms with E-state index < -0.39 is 0 Å². The average molecular weight is 158 g/mol. The van der Waals surface area contributed by atoms with E-state index in [1.807, 2.05) is 0 Å². The normalized spacial score (nSPS) is 13.3. The van der Waals surface area contributed by atoms with E-state index in [1.54, 1.807) is 12.2 Å². The highest BCUT2D eigenvalue weighted by Crippen LogP contribution is 2.06. The molecule has 0 rings (SSSR count). The van der Waals surface area contributed by atoms with Gasteiger partial charge in [0.25, 0.3) is 0 Å². The summed E-state index contributed by atoms with van der Waals surface area (Å²) in [7, 11) is 0. The third kappa shape index (κ3) is 2.56. The van der Waals surface area contributed by atoms with Crippen molar-refractivity contribution >= 4 is 17.8 Å². The van der Waals surface area contributed by atoms with Crippen LogP contribution < -0.4 is 16.7 Å². The zero-order chi connectivity index (χ0) is 7.98. The van der Waals surface area contributed by atoms with E-state index in [9.17, 15) is 0 Å².